The van der Waals surface area contributed by atoms with E-state index in [-0.39, 0.29) is 30.5 Å². The highest BCUT2D eigenvalue weighted by Crippen LogP contribution is 2.19. The van der Waals surface area contributed by atoms with Gasteiger partial charge in [0.15, 0.2) is 0 Å². The van der Waals surface area contributed by atoms with Crippen LogP contribution in [0, 0.1) is 5.92 Å². The van der Waals surface area contributed by atoms with Crippen molar-refractivity contribution in [3.05, 3.63) is 10.2 Å². The van der Waals surface area contributed by atoms with Gasteiger partial charge in [-0.05, 0) is 32.1 Å². The fraction of sp³-hybridized carbons (Fsp3) is 0.600. The third kappa shape index (κ3) is 6.12. The van der Waals surface area contributed by atoms with E-state index < -0.39 is 0 Å². The van der Waals surface area contributed by atoms with Gasteiger partial charge < -0.3 is 4.74 Å². The van der Waals surface area contributed by atoms with Crippen LogP contribution in [-0.4, -0.2) is 18.9 Å². The molecule has 0 fully saturated rings. The van der Waals surface area contributed by atoms with Crippen LogP contribution in [0.1, 0.15) is 26.2 Å². The molecule has 0 rings (SSSR count). The fourth-order valence-corrected chi connectivity index (χ4v) is 1.12. The molecule has 0 aromatic rings. The highest BCUT2D eigenvalue weighted by Gasteiger charge is 2.12. The number of allylic oxidation sites excluding steroid dienone is 1. The van der Waals surface area contributed by atoms with Crippen LogP contribution in [0.25, 0.3) is 0 Å². The van der Waals surface area contributed by atoms with E-state index in [1.165, 1.54) is 7.11 Å². The maximum Gasteiger partial charge on any atom is 0.305 e. The Bertz CT molecular complexity index is 236. The number of rotatable bonds is 6. The Morgan fingerprint density at radius 2 is 2.00 bits per heavy atom. The zero-order valence-corrected chi connectivity index (χ0v) is 10.7. The molecule has 0 aliphatic rings. The van der Waals surface area contributed by atoms with Crippen LogP contribution in [0.2, 0.25) is 0 Å². The van der Waals surface area contributed by atoms with Crippen LogP contribution in [0.5, 0.6) is 0 Å². The zero-order chi connectivity index (χ0) is 11.1. The normalized spacial score (nSPS) is 11.9. The van der Waals surface area contributed by atoms with E-state index in [4.69, 9.17) is 0 Å². The van der Waals surface area contributed by atoms with Crippen LogP contribution >= 0.6 is 22.6 Å². The number of carbonyl (C=O) groups is 2. The molecular weight excluding hydrogens is 295 g/mol. The lowest BCUT2D eigenvalue weighted by Crippen LogP contribution is -2.08. The molecule has 0 amide bonds. The molecule has 1 atom stereocenters. The molecule has 4 heteroatoms. The smallest absolute Gasteiger partial charge is 0.305 e. The van der Waals surface area contributed by atoms with Gasteiger partial charge in [0.25, 0.3) is 0 Å². The van der Waals surface area contributed by atoms with Crippen molar-refractivity contribution < 1.29 is 14.3 Å². The summed E-state index contributed by atoms with van der Waals surface area (Å²) in [5.41, 5.74) is 0. The van der Waals surface area contributed by atoms with Crippen LogP contribution in [-0.2, 0) is 14.3 Å². The van der Waals surface area contributed by atoms with Crippen molar-refractivity contribution in [2.24, 2.45) is 5.92 Å². The second-order valence-corrected chi connectivity index (χ2v) is 4.55. The molecule has 0 N–H and O–H groups in total. The Labute approximate surface area is 98.0 Å². The van der Waals surface area contributed by atoms with Crippen LogP contribution in [0.15, 0.2) is 10.2 Å². The molecule has 0 bridgehead atoms. The molecule has 0 saturated carbocycles. The fourth-order valence-electron chi connectivity index (χ4n) is 0.898. The van der Waals surface area contributed by atoms with Crippen molar-refractivity contribution in [1.82, 2.24) is 0 Å². The summed E-state index contributed by atoms with van der Waals surface area (Å²) in [6.45, 7) is 5.71. The summed E-state index contributed by atoms with van der Waals surface area (Å²) in [4.78, 5) is 22.1. The molecular formula is C10H15IO3. The second-order valence-electron chi connectivity index (χ2n) is 3.17. The summed E-state index contributed by atoms with van der Waals surface area (Å²) in [6.07, 6.45) is 0.898. The summed E-state index contributed by atoms with van der Waals surface area (Å²) in [5.74, 6) is -0.0687. The number of esters is 1. The molecule has 0 radical (unpaired) electrons. The molecule has 3 nitrogen and oxygen atoms in total. The monoisotopic (exact) mass is 310 g/mol. The maximum atomic E-state index is 11.3. The van der Waals surface area contributed by atoms with Gasteiger partial charge in [-0.3, -0.25) is 9.59 Å². The average Bonchev–Trinajstić information content (AvgIpc) is 2.13. The summed E-state index contributed by atoms with van der Waals surface area (Å²) in [5, 5.41) is 0. The van der Waals surface area contributed by atoms with E-state index in [2.05, 4.69) is 33.9 Å². The summed E-state index contributed by atoms with van der Waals surface area (Å²) >= 11 is 2.11. The molecule has 0 aromatic carbocycles. The van der Waals surface area contributed by atoms with Gasteiger partial charge in [-0.15, -0.1) is 0 Å². The van der Waals surface area contributed by atoms with E-state index in [1.54, 1.807) is 0 Å². The van der Waals surface area contributed by atoms with Crippen molar-refractivity contribution in [2.75, 3.05) is 7.11 Å². The van der Waals surface area contributed by atoms with Gasteiger partial charge in [0.1, 0.15) is 5.78 Å². The number of halogens is 1. The first kappa shape index (κ1) is 13.6. The van der Waals surface area contributed by atoms with Gasteiger partial charge in [-0.1, -0.05) is 13.5 Å². The summed E-state index contributed by atoms with van der Waals surface area (Å²) in [7, 11) is 1.32. The van der Waals surface area contributed by atoms with Gasteiger partial charge in [0.2, 0.25) is 0 Å². The Kier molecular flexibility index (Phi) is 6.78. The van der Waals surface area contributed by atoms with E-state index in [0.717, 1.165) is 3.58 Å². The summed E-state index contributed by atoms with van der Waals surface area (Å²) in [6, 6.07) is 0. The molecule has 0 heterocycles. The van der Waals surface area contributed by atoms with Crippen molar-refractivity contribution in [2.45, 2.75) is 26.2 Å². The minimum absolute atomic E-state index is 0.0840. The Morgan fingerprint density at radius 1 is 1.43 bits per heavy atom. The lowest BCUT2D eigenvalue weighted by atomic mass is 10.0. The largest absolute Gasteiger partial charge is 0.469 e. The predicted molar refractivity (Wildman–Crippen MR) is 63.2 cm³/mol. The number of Topliss-reactive ketones (excluding diaryl/α,β-unsaturated/α-hetero) is 1. The number of methoxy groups -OCH3 is 1. The number of carbonyl (C=O) groups excluding carboxylic acids is 2. The van der Waals surface area contributed by atoms with E-state index >= 15 is 0 Å². The minimum atomic E-state index is -0.334. The molecule has 0 aliphatic heterocycles. The van der Waals surface area contributed by atoms with Gasteiger partial charge in [0.05, 0.1) is 13.5 Å². The lowest BCUT2D eigenvalue weighted by Gasteiger charge is -2.07. The van der Waals surface area contributed by atoms with Crippen LogP contribution in [0.3, 0.4) is 0 Å². The first-order chi connectivity index (χ1) is 6.47. The van der Waals surface area contributed by atoms with Crippen LogP contribution < -0.4 is 0 Å². The number of ether oxygens (including phenoxy) is 1. The predicted octanol–water partition coefficient (Wildman–Crippen LogP) is 2.48. The molecule has 0 aliphatic carbocycles. The SMILES string of the molecule is C=C(I)[C@H](C)CC(=O)CCC(=O)OC. The molecule has 0 saturated heterocycles. The van der Waals surface area contributed by atoms with Crippen molar-refractivity contribution in [3.8, 4) is 0 Å². The Balaban J connectivity index is 3.76. The van der Waals surface area contributed by atoms with Crippen molar-refractivity contribution in [3.63, 3.8) is 0 Å². The minimum Gasteiger partial charge on any atom is -0.469 e. The first-order valence-corrected chi connectivity index (χ1v) is 5.48. The average molecular weight is 310 g/mol. The van der Waals surface area contributed by atoms with E-state index in [0.29, 0.717) is 6.42 Å². The van der Waals surface area contributed by atoms with Crippen molar-refractivity contribution in [1.29, 1.82) is 0 Å². The zero-order valence-electron chi connectivity index (χ0n) is 8.51. The van der Waals surface area contributed by atoms with Crippen LogP contribution in [0.4, 0.5) is 0 Å². The topological polar surface area (TPSA) is 43.4 Å². The van der Waals surface area contributed by atoms with Gasteiger partial charge in [-0.2, -0.15) is 0 Å². The molecule has 0 aromatic heterocycles. The molecule has 80 valence electrons. The quantitative estimate of drug-likeness (QED) is 0.559. The maximum absolute atomic E-state index is 11.3. The third-order valence-corrected chi connectivity index (χ3v) is 2.97. The molecule has 14 heavy (non-hydrogen) atoms. The first-order valence-electron chi connectivity index (χ1n) is 4.40. The number of hydrogen-bond donors (Lipinski definition) is 0. The lowest BCUT2D eigenvalue weighted by molar-refractivity contribution is -0.142. The molecule has 0 spiro atoms. The molecule has 0 unspecified atom stereocenters. The van der Waals surface area contributed by atoms with Gasteiger partial charge in [-0.25, -0.2) is 0 Å². The highest BCUT2D eigenvalue weighted by atomic mass is 127. The van der Waals surface area contributed by atoms with Crippen molar-refractivity contribution >= 4 is 34.3 Å². The highest BCUT2D eigenvalue weighted by molar-refractivity contribution is 14.1. The van der Waals surface area contributed by atoms with Gasteiger partial charge in [0, 0.05) is 12.8 Å². The summed E-state index contributed by atoms with van der Waals surface area (Å²) < 4.78 is 5.41. The van der Waals surface area contributed by atoms with Gasteiger partial charge >= 0.3 is 5.97 Å². The second kappa shape index (κ2) is 6.98. The van der Waals surface area contributed by atoms with E-state index in [1.807, 2.05) is 6.92 Å². The Hall–Kier alpha value is -0.390. The Morgan fingerprint density at radius 3 is 2.43 bits per heavy atom. The van der Waals surface area contributed by atoms with E-state index in [9.17, 15) is 9.59 Å². The number of hydrogen-bond acceptors (Lipinski definition) is 3. The number of ketones is 1. The standard InChI is InChI=1S/C10H15IO3/c1-7(8(2)11)6-9(12)4-5-10(13)14-3/h7H,2,4-6H2,1,3H3/t7-/m1/s1. The third-order valence-electron chi connectivity index (χ3n) is 1.90.